The first-order chi connectivity index (χ1) is 19.3. The van der Waals surface area contributed by atoms with E-state index in [1.54, 1.807) is 23.9 Å². The van der Waals surface area contributed by atoms with Gasteiger partial charge in [-0.1, -0.05) is 35.9 Å². The summed E-state index contributed by atoms with van der Waals surface area (Å²) in [4.78, 5) is 13.1. The molecule has 3 aromatic heterocycles. The van der Waals surface area contributed by atoms with Gasteiger partial charge < -0.3 is 5.11 Å². The summed E-state index contributed by atoms with van der Waals surface area (Å²) < 4.78 is 18.3. The van der Waals surface area contributed by atoms with Crippen molar-refractivity contribution >= 4 is 40.2 Å². The molecule has 0 atom stereocenters. The number of rotatable bonds is 6. The van der Waals surface area contributed by atoms with Gasteiger partial charge >= 0.3 is 5.97 Å². The fraction of sp³-hybridized carbons (Fsp3) is 0.0645. The van der Waals surface area contributed by atoms with E-state index in [1.165, 1.54) is 35.4 Å². The maximum atomic E-state index is 14.7. The van der Waals surface area contributed by atoms with Crippen molar-refractivity contribution in [1.82, 2.24) is 13.8 Å². The van der Waals surface area contributed by atoms with Crippen LogP contribution >= 0.6 is 23.3 Å². The van der Waals surface area contributed by atoms with Crippen LogP contribution in [0, 0.1) is 24.1 Å². The van der Waals surface area contributed by atoms with Crippen LogP contribution in [0.15, 0.2) is 89.1 Å². The van der Waals surface area contributed by atoms with Gasteiger partial charge in [-0.05, 0) is 72.8 Å². The monoisotopic (exact) mass is 564 g/mol. The van der Waals surface area contributed by atoms with Gasteiger partial charge in [0.15, 0.2) is 5.69 Å². The topological polar surface area (TPSA) is 83.8 Å². The lowest BCUT2D eigenvalue weighted by Crippen LogP contribution is -1.99. The second-order valence-electron chi connectivity index (χ2n) is 9.28. The van der Waals surface area contributed by atoms with Gasteiger partial charge in [0.05, 0.1) is 16.9 Å². The third kappa shape index (κ3) is 4.47. The summed E-state index contributed by atoms with van der Waals surface area (Å²) in [5, 5.41) is 26.1. The number of halogens is 1. The van der Waals surface area contributed by atoms with Crippen molar-refractivity contribution in [3.63, 3.8) is 0 Å². The Morgan fingerprint density at radius 1 is 1.05 bits per heavy atom. The van der Waals surface area contributed by atoms with Crippen LogP contribution in [0.4, 0.5) is 4.39 Å². The number of nitriles is 1. The van der Waals surface area contributed by atoms with E-state index in [2.05, 4.69) is 15.1 Å². The molecule has 3 heterocycles. The zero-order chi connectivity index (χ0) is 28.0. The van der Waals surface area contributed by atoms with E-state index < -0.39 is 5.97 Å². The Bertz CT molecular complexity index is 1960. The van der Waals surface area contributed by atoms with Crippen LogP contribution in [0.5, 0.6) is 0 Å². The molecule has 0 bridgehead atoms. The minimum absolute atomic E-state index is 0.0416. The van der Waals surface area contributed by atoms with Crippen LogP contribution in [-0.2, 0) is 7.05 Å². The van der Waals surface area contributed by atoms with Gasteiger partial charge in [-0.15, -0.1) is 11.3 Å². The maximum Gasteiger partial charge on any atom is 0.356 e. The highest BCUT2D eigenvalue weighted by Gasteiger charge is 2.25. The fourth-order valence-corrected chi connectivity index (χ4v) is 6.53. The predicted molar refractivity (Wildman–Crippen MR) is 157 cm³/mol. The van der Waals surface area contributed by atoms with Crippen molar-refractivity contribution in [2.75, 3.05) is 0 Å². The highest BCUT2D eigenvalue weighted by atomic mass is 32.2. The van der Waals surface area contributed by atoms with Gasteiger partial charge in [-0.2, -0.15) is 10.4 Å². The zero-order valence-electron chi connectivity index (χ0n) is 21.4. The minimum Gasteiger partial charge on any atom is -0.476 e. The molecule has 0 saturated carbocycles. The van der Waals surface area contributed by atoms with Crippen molar-refractivity contribution in [2.45, 2.75) is 11.8 Å². The summed E-state index contributed by atoms with van der Waals surface area (Å²) in [6, 6.07) is 26.4. The number of benzene rings is 3. The first-order valence-electron chi connectivity index (χ1n) is 12.3. The van der Waals surface area contributed by atoms with Crippen molar-refractivity contribution in [2.24, 2.45) is 7.05 Å². The summed E-state index contributed by atoms with van der Waals surface area (Å²) in [6.45, 7) is 2.03. The molecular weight excluding hydrogens is 543 g/mol. The number of aromatic carboxylic acids is 1. The highest BCUT2D eigenvalue weighted by Crippen LogP contribution is 2.47. The normalized spacial score (nSPS) is 11.2. The van der Waals surface area contributed by atoms with Crippen molar-refractivity contribution in [3.8, 4) is 39.7 Å². The SMILES string of the molecule is Cc1ccc(Sn2c(-c3cccc(-c4cc(C(=O)O)nn4C)c3)c(-c3ccsc3C#N)c3cc(F)ccc32)cc1. The molecule has 6 rings (SSSR count). The molecular formula is C31H21FN4O2S2. The third-order valence-electron chi connectivity index (χ3n) is 6.67. The number of aryl methyl sites for hydroxylation is 2. The first-order valence-corrected chi connectivity index (χ1v) is 13.9. The van der Waals surface area contributed by atoms with Gasteiger partial charge in [-0.25, -0.2) is 9.18 Å². The Labute approximate surface area is 237 Å². The predicted octanol–water partition coefficient (Wildman–Crippen LogP) is 8.01. The molecule has 1 N–H and O–H groups in total. The third-order valence-corrected chi connectivity index (χ3v) is 8.54. The van der Waals surface area contributed by atoms with Crippen LogP contribution in [0.1, 0.15) is 20.9 Å². The van der Waals surface area contributed by atoms with E-state index in [-0.39, 0.29) is 11.5 Å². The van der Waals surface area contributed by atoms with E-state index in [4.69, 9.17) is 0 Å². The van der Waals surface area contributed by atoms with Gasteiger partial charge in [0.1, 0.15) is 16.8 Å². The van der Waals surface area contributed by atoms with Crippen LogP contribution in [0.3, 0.4) is 0 Å². The van der Waals surface area contributed by atoms with Crippen LogP contribution in [-0.4, -0.2) is 24.8 Å². The quantitative estimate of drug-likeness (QED) is 0.222. The number of hydrogen-bond acceptors (Lipinski definition) is 5. The first kappa shape index (κ1) is 25.6. The number of carboxylic acids is 1. The Hall–Kier alpha value is -4.65. The summed E-state index contributed by atoms with van der Waals surface area (Å²) in [6.07, 6.45) is 0. The highest BCUT2D eigenvalue weighted by molar-refractivity contribution is 7.98. The van der Waals surface area contributed by atoms with Crippen molar-refractivity contribution in [3.05, 3.63) is 106 Å². The van der Waals surface area contributed by atoms with Crippen LogP contribution < -0.4 is 0 Å². The molecule has 6 nitrogen and oxygen atoms in total. The van der Waals surface area contributed by atoms with Crippen molar-refractivity contribution in [1.29, 1.82) is 5.26 Å². The second kappa shape index (κ2) is 10.2. The Kier molecular flexibility index (Phi) is 6.50. The fourth-order valence-electron chi connectivity index (χ4n) is 4.83. The number of carbonyl (C=O) groups is 1. The largest absolute Gasteiger partial charge is 0.476 e. The molecule has 0 unspecified atom stereocenters. The second-order valence-corrected chi connectivity index (χ2v) is 11.2. The molecule has 0 aliphatic carbocycles. The number of thiophene rings is 1. The minimum atomic E-state index is -1.10. The lowest BCUT2D eigenvalue weighted by molar-refractivity contribution is 0.0689. The zero-order valence-corrected chi connectivity index (χ0v) is 23.1. The van der Waals surface area contributed by atoms with Crippen molar-refractivity contribution < 1.29 is 14.3 Å². The summed E-state index contributed by atoms with van der Waals surface area (Å²) in [7, 11) is 1.71. The van der Waals surface area contributed by atoms with Gasteiger partial charge in [0.2, 0.25) is 0 Å². The number of carboxylic acid groups (broad SMARTS) is 1. The van der Waals surface area contributed by atoms with Gasteiger partial charge in [0, 0.05) is 39.6 Å². The summed E-state index contributed by atoms with van der Waals surface area (Å²) in [5.74, 6) is -1.46. The molecule has 0 aliphatic heterocycles. The van der Waals surface area contributed by atoms with Gasteiger partial charge in [-0.3, -0.25) is 8.65 Å². The standard InChI is InChI=1S/C31H21FN4O2S2/c1-18-6-9-22(10-7-18)40-36-26-11-8-21(32)15-24(26)29(23-12-13-39-28(23)17-33)30(36)20-5-3-4-19(14-20)27-16-25(31(37)38)34-35(27)2/h3-16H,1-2H3,(H,37,38). The molecule has 0 spiro atoms. The lowest BCUT2D eigenvalue weighted by atomic mass is 9.97. The Balaban J connectivity index is 1.66. The average Bonchev–Trinajstić information content (AvgIpc) is 3.65. The smallest absolute Gasteiger partial charge is 0.356 e. The van der Waals surface area contributed by atoms with E-state index in [0.29, 0.717) is 16.0 Å². The number of nitrogens with zero attached hydrogens (tertiary/aromatic N) is 4. The molecule has 40 heavy (non-hydrogen) atoms. The van der Waals surface area contributed by atoms with E-state index in [9.17, 15) is 19.6 Å². The van der Waals surface area contributed by atoms with E-state index in [0.717, 1.165) is 43.9 Å². The van der Waals surface area contributed by atoms with E-state index in [1.807, 2.05) is 66.9 Å². The lowest BCUT2D eigenvalue weighted by Gasteiger charge is -2.13. The molecule has 0 amide bonds. The molecule has 6 aromatic rings. The molecule has 0 saturated heterocycles. The number of aromatic nitrogens is 3. The molecule has 9 heteroatoms. The molecule has 3 aromatic carbocycles. The summed E-state index contributed by atoms with van der Waals surface area (Å²) in [5.41, 5.74) is 6.48. The van der Waals surface area contributed by atoms with E-state index >= 15 is 0 Å². The molecule has 0 aliphatic rings. The average molecular weight is 565 g/mol. The van der Waals surface area contributed by atoms with Gasteiger partial charge in [0.25, 0.3) is 0 Å². The number of hydrogen-bond donors (Lipinski definition) is 1. The van der Waals surface area contributed by atoms with Crippen LogP contribution in [0.25, 0.3) is 44.5 Å². The molecule has 0 radical (unpaired) electrons. The van der Waals surface area contributed by atoms with Crippen LogP contribution in [0.2, 0.25) is 0 Å². The maximum absolute atomic E-state index is 14.7. The molecule has 196 valence electrons. The number of fused-ring (bicyclic) bond motifs is 1. The molecule has 0 fully saturated rings. The Morgan fingerprint density at radius 2 is 1.82 bits per heavy atom. The Morgan fingerprint density at radius 3 is 2.55 bits per heavy atom. The summed E-state index contributed by atoms with van der Waals surface area (Å²) >= 11 is 2.86.